The number of hydrogen-bond donors (Lipinski definition) is 2. The molecular weight excluding hydrogens is 290 g/mol. The highest BCUT2D eigenvalue weighted by atomic mass is 35.5. The first-order valence-electron chi connectivity index (χ1n) is 7.34. The van der Waals surface area contributed by atoms with Crippen LogP contribution in [0.5, 0.6) is 5.75 Å². The molecule has 1 aromatic carbocycles. The molecule has 1 amide bonds. The van der Waals surface area contributed by atoms with Crippen LogP contribution in [-0.2, 0) is 11.2 Å². The number of hydrogen-bond acceptors (Lipinski definition) is 3. The van der Waals surface area contributed by atoms with Gasteiger partial charge >= 0.3 is 0 Å². The Labute approximate surface area is 130 Å². The second-order valence-electron chi connectivity index (χ2n) is 5.57. The highest BCUT2D eigenvalue weighted by Crippen LogP contribution is 2.30. The molecule has 1 aromatic rings. The predicted octanol–water partition coefficient (Wildman–Crippen LogP) is 2.42. The maximum atomic E-state index is 12.1. The first kappa shape index (κ1) is 16.1. The molecule has 2 atom stereocenters. The second kappa shape index (κ2) is 7.66. The molecule has 0 heterocycles. The third-order valence-corrected chi connectivity index (χ3v) is 4.44. The summed E-state index contributed by atoms with van der Waals surface area (Å²) in [6.45, 7) is 0.843. The SMILES string of the molecule is COc1ccc(Cl)cc1CC(=O)NCC1CCCC1CO. The van der Waals surface area contributed by atoms with Gasteiger partial charge in [-0.2, -0.15) is 0 Å². The minimum atomic E-state index is -0.0424. The van der Waals surface area contributed by atoms with E-state index in [0.717, 1.165) is 24.8 Å². The summed E-state index contributed by atoms with van der Waals surface area (Å²) in [5, 5.41) is 12.8. The summed E-state index contributed by atoms with van der Waals surface area (Å²) in [5.74, 6) is 1.34. The van der Waals surface area contributed by atoms with Crippen LogP contribution in [0.15, 0.2) is 18.2 Å². The van der Waals surface area contributed by atoms with Gasteiger partial charge in [-0.15, -0.1) is 0 Å². The van der Waals surface area contributed by atoms with Crippen molar-refractivity contribution in [3.05, 3.63) is 28.8 Å². The smallest absolute Gasteiger partial charge is 0.224 e. The van der Waals surface area contributed by atoms with Gasteiger partial charge in [0.05, 0.1) is 13.5 Å². The molecule has 1 aliphatic rings. The van der Waals surface area contributed by atoms with Crippen LogP contribution in [0, 0.1) is 11.8 Å². The zero-order chi connectivity index (χ0) is 15.2. The van der Waals surface area contributed by atoms with Crippen molar-refractivity contribution in [3.63, 3.8) is 0 Å². The molecule has 1 aliphatic carbocycles. The van der Waals surface area contributed by atoms with Crippen molar-refractivity contribution in [2.75, 3.05) is 20.3 Å². The van der Waals surface area contributed by atoms with Gasteiger partial charge in [0.2, 0.25) is 5.91 Å². The summed E-state index contributed by atoms with van der Waals surface area (Å²) < 4.78 is 5.24. The number of rotatable bonds is 6. The number of nitrogens with one attached hydrogen (secondary N) is 1. The number of carbonyl (C=O) groups is 1. The van der Waals surface area contributed by atoms with Crippen LogP contribution in [0.25, 0.3) is 0 Å². The van der Waals surface area contributed by atoms with Crippen molar-refractivity contribution < 1.29 is 14.6 Å². The number of aliphatic hydroxyl groups is 1. The van der Waals surface area contributed by atoms with Crippen LogP contribution in [0.2, 0.25) is 5.02 Å². The average molecular weight is 312 g/mol. The topological polar surface area (TPSA) is 58.6 Å². The summed E-state index contributed by atoms with van der Waals surface area (Å²) in [6.07, 6.45) is 3.51. The number of aliphatic hydroxyl groups excluding tert-OH is 1. The third kappa shape index (κ3) is 4.35. The molecule has 4 nitrogen and oxygen atoms in total. The lowest BCUT2D eigenvalue weighted by molar-refractivity contribution is -0.120. The third-order valence-electron chi connectivity index (χ3n) is 4.21. The summed E-state index contributed by atoms with van der Waals surface area (Å²) in [5.41, 5.74) is 0.785. The molecule has 0 bridgehead atoms. The van der Waals surface area contributed by atoms with Crippen LogP contribution >= 0.6 is 11.6 Å². The van der Waals surface area contributed by atoms with E-state index in [4.69, 9.17) is 16.3 Å². The van der Waals surface area contributed by atoms with Crippen molar-refractivity contribution in [2.24, 2.45) is 11.8 Å². The fraction of sp³-hybridized carbons (Fsp3) is 0.562. The second-order valence-corrected chi connectivity index (χ2v) is 6.01. The largest absolute Gasteiger partial charge is 0.496 e. The predicted molar refractivity (Wildman–Crippen MR) is 82.6 cm³/mol. The number of methoxy groups -OCH3 is 1. The fourth-order valence-corrected chi connectivity index (χ4v) is 3.18. The molecule has 0 aliphatic heterocycles. The Hall–Kier alpha value is -1.26. The van der Waals surface area contributed by atoms with Gasteiger partial charge < -0.3 is 15.2 Å². The molecule has 116 valence electrons. The molecule has 2 unspecified atom stereocenters. The van der Waals surface area contributed by atoms with Crippen LogP contribution in [0.3, 0.4) is 0 Å². The van der Waals surface area contributed by atoms with E-state index in [0.29, 0.717) is 29.2 Å². The molecule has 2 rings (SSSR count). The Morgan fingerprint density at radius 2 is 2.19 bits per heavy atom. The number of carbonyl (C=O) groups excluding carboxylic acids is 1. The van der Waals surface area contributed by atoms with Crippen molar-refractivity contribution in [2.45, 2.75) is 25.7 Å². The maximum absolute atomic E-state index is 12.1. The Bertz CT molecular complexity index is 492. The summed E-state index contributed by atoms with van der Waals surface area (Å²) in [4.78, 5) is 12.1. The van der Waals surface area contributed by atoms with Gasteiger partial charge in [0, 0.05) is 23.7 Å². The van der Waals surface area contributed by atoms with Crippen LogP contribution in [-0.4, -0.2) is 31.3 Å². The van der Waals surface area contributed by atoms with Gasteiger partial charge in [-0.3, -0.25) is 4.79 Å². The lowest BCUT2D eigenvalue weighted by Gasteiger charge is -2.18. The van der Waals surface area contributed by atoms with Gasteiger partial charge in [0.1, 0.15) is 5.75 Å². The van der Waals surface area contributed by atoms with Crippen molar-refractivity contribution in [1.82, 2.24) is 5.32 Å². The molecule has 0 radical (unpaired) electrons. The monoisotopic (exact) mass is 311 g/mol. The summed E-state index contributed by atoms with van der Waals surface area (Å²) in [6, 6.07) is 5.27. The van der Waals surface area contributed by atoms with Crippen molar-refractivity contribution in [1.29, 1.82) is 0 Å². The molecule has 5 heteroatoms. The summed E-state index contributed by atoms with van der Waals surface area (Å²) in [7, 11) is 1.58. The molecule has 0 aromatic heterocycles. The Morgan fingerprint density at radius 3 is 2.90 bits per heavy atom. The lowest BCUT2D eigenvalue weighted by Crippen LogP contribution is -2.32. The molecule has 1 fully saturated rings. The van der Waals surface area contributed by atoms with E-state index in [2.05, 4.69) is 5.32 Å². The Morgan fingerprint density at radius 1 is 1.43 bits per heavy atom. The first-order valence-corrected chi connectivity index (χ1v) is 7.71. The highest BCUT2D eigenvalue weighted by Gasteiger charge is 2.26. The van der Waals surface area contributed by atoms with Crippen molar-refractivity contribution in [3.8, 4) is 5.75 Å². The van der Waals surface area contributed by atoms with Crippen molar-refractivity contribution >= 4 is 17.5 Å². The van der Waals surface area contributed by atoms with E-state index < -0.39 is 0 Å². The fourth-order valence-electron chi connectivity index (χ4n) is 2.99. The molecule has 0 saturated heterocycles. The maximum Gasteiger partial charge on any atom is 0.224 e. The molecule has 1 saturated carbocycles. The average Bonchev–Trinajstić information content (AvgIpc) is 2.93. The van der Waals surface area contributed by atoms with E-state index in [1.54, 1.807) is 25.3 Å². The van der Waals surface area contributed by atoms with E-state index in [1.807, 2.05) is 0 Å². The highest BCUT2D eigenvalue weighted by molar-refractivity contribution is 6.30. The Balaban J connectivity index is 1.88. The number of amides is 1. The molecule has 21 heavy (non-hydrogen) atoms. The van der Waals surface area contributed by atoms with Crippen LogP contribution in [0.1, 0.15) is 24.8 Å². The first-order chi connectivity index (χ1) is 10.1. The van der Waals surface area contributed by atoms with E-state index in [-0.39, 0.29) is 18.9 Å². The van der Waals surface area contributed by atoms with Gasteiger partial charge in [-0.1, -0.05) is 18.0 Å². The lowest BCUT2D eigenvalue weighted by atomic mass is 9.97. The number of halogens is 1. The minimum absolute atomic E-state index is 0.0424. The normalized spacial score (nSPS) is 21.3. The van der Waals surface area contributed by atoms with Gasteiger partial charge in [-0.05, 0) is 42.9 Å². The number of benzene rings is 1. The van der Waals surface area contributed by atoms with E-state index in [1.165, 1.54) is 0 Å². The summed E-state index contributed by atoms with van der Waals surface area (Å²) >= 11 is 5.96. The molecule has 0 spiro atoms. The van der Waals surface area contributed by atoms with Gasteiger partial charge in [0.15, 0.2) is 0 Å². The van der Waals surface area contributed by atoms with Crippen LogP contribution in [0.4, 0.5) is 0 Å². The number of ether oxygens (including phenoxy) is 1. The van der Waals surface area contributed by atoms with Gasteiger partial charge in [0.25, 0.3) is 0 Å². The van der Waals surface area contributed by atoms with Gasteiger partial charge in [-0.25, -0.2) is 0 Å². The minimum Gasteiger partial charge on any atom is -0.496 e. The van der Waals surface area contributed by atoms with Crippen LogP contribution < -0.4 is 10.1 Å². The Kier molecular flexibility index (Phi) is 5.88. The molecular formula is C16H22ClNO3. The van der Waals surface area contributed by atoms with E-state index >= 15 is 0 Å². The quantitative estimate of drug-likeness (QED) is 0.848. The standard InChI is InChI=1S/C16H22ClNO3/c1-21-15-6-5-14(17)7-13(15)8-16(20)18-9-11-3-2-4-12(11)10-19/h5-7,11-12,19H,2-4,8-10H2,1H3,(H,18,20). The zero-order valence-corrected chi connectivity index (χ0v) is 13.0. The zero-order valence-electron chi connectivity index (χ0n) is 12.3. The molecule has 2 N–H and O–H groups in total. The van der Waals surface area contributed by atoms with E-state index in [9.17, 15) is 9.90 Å².